The van der Waals surface area contributed by atoms with Gasteiger partial charge in [-0.1, -0.05) is 0 Å². The minimum absolute atomic E-state index is 0.123. The summed E-state index contributed by atoms with van der Waals surface area (Å²) in [6, 6.07) is 2.69. The maximum atomic E-state index is 10.6. The lowest BCUT2D eigenvalue weighted by molar-refractivity contribution is -0.385. The number of hydrogen-bond acceptors (Lipinski definition) is 5. The summed E-state index contributed by atoms with van der Waals surface area (Å²) in [7, 11) is 0. The van der Waals surface area contributed by atoms with Crippen molar-refractivity contribution in [1.82, 2.24) is 4.98 Å². The number of nitro groups is 1. The van der Waals surface area contributed by atoms with Crippen LogP contribution in [0.1, 0.15) is 9.67 Å². The van der Waals surface area contributed by atoms with Crippen LogP contribution in [0, 0.1) is 10.1 Å². The molecule has 15 heavy (non-hydrogen) atoms. The summed E-state index contributed by atoms with van der Waals surface area (Å²) in [4.78, 5) is 24.9. The van der Waals surface area contributed by atoms with Crippen LogP contribution in [0.25, 0.3) is 10.2 Å². The third kappa shape index (κ3) is 1.64. The number of nitrogens with zero attached hydrogens (tertiary/aromatic N) is 2. The van der Waals surface area contributed by atoms with Crippen LogP contribution >= 0.6 is 11.3 Å². The first kappa shape index (κ1) is 9.53. The Morgan fingerprint density at radius 3 is 2.87 bits per heavy atom. The standard InChI is InChI=1S/C8H4N2O4S/c11-8(12)6-2-4-1-5(10(13)14)3-9-7(4)15-6/h1-3H,(H,11,12). The molecular formula is C8H4N2O4S. The molecule has 0 saturated heterocycles. The Morgan fingerprint density at radius 1 is 1.53 bits per heavy atom. The van der Waals surface area contributed by atoms with Gasteiger partial charge in [0.2, 0.25) is 0 Å². The predicted molar refractivity (Wildman–Crippen MR) is 53.2 cm³/mol. The summed E-state index contributed by atoms with van der Waals surface area (Å²) in [6.07, 6.45) is 1.12. The molecule has 0 spiro atoms. The largest absolute Gasteiger partial charge is 0.477 e. The average Bonchev–Trinajstić information content (AvgIpc) is 2.59. The van der Waals surface area contributed by atoms with Crippen LogP contribution in [0.4, 0.5) is 5.69 Å². The average molecular weight is 224 g/mol. The molecule has 0 aliphatic rings. The van der Waals surface area contributed by atoms with Gasteiger partial charge < -0.3 is 5.11 Å². The van der Waals surface area contributed by atoms with Gasteiger partial charge in [0.1, 0.15) is 15.9 Å². The molecule has 0 bridgehead atoms. The minimum atomic E-state index is -1.05. The van der Waals surface area contributed by atoms with E-state index >= 15 is 0 Å². The molecule has 1 N–H and O–H groups in total. The van der Waals surface area contributed by atoms with Crippen LogP contribution < -0.4 is 0 Å². The fraction of sp³-hybridized carbons (Fsp3) is 0. The van der Waals surface area contributed by atoms with Crippen LogP contribution in [0.15, 0.2) is 18.3 Å². The molecule has 2 aromatic rings. The summed E-state index contributed by atoms with van der Waals surface area (Å²) in [5, 5.41) is 19.6. The van der Waals surface area contributed by atoms with E-state index in [0.717, 1.165) is 17.5 Å². The number of carbonyl (C=O) groups is 1. The van der Waals surface area contributed by atoms with E-state index in [4.69, 9.17) is 5.11 Å². The number of aromatic carboxylic acids is 1. The van der Waals surface area contributed by atoms with Gasteiger partial charge >= 0.3 is 5.97 Å². The zero-order valence-electron chi connectivity index (χ0n) is 7.21. The molecule has 6 nitrogen and oxygen atoms in total. The highest BCUT2D eigenvalue weighted by molar-refractivity contribution is 7.20. The number of aromatic nitrogens is 1. The Bertz CT molecular complexity index is 551. The predicted octanol–water partition coefficient (Wildman–Crippen LogP) is 1.90. The van der Waals surface area contributed by atoms with Gasteiger partial charge in [0, 0.05) is 11.5 Å². The van der Waals surface area contributed by atoms with Crippen LogP contribution in [-0.2, 0) is 0 Å². The molecule has 0 aromatic carbocycles. The molecule has 2 rings (SSSR count). The topological polar surface area (TPSA) is 93.3 Å². The van der Waals surface area contributed by atoms with Crippen molar-refractivity contribution < 1.29 is 14.8 Å². The van der Waals surface area contributed by atoms with Crippen molar-refractivity contribution >= 4 is 33.2 Å². The van der Waals surface area contributed by atoms with Gasteiger partial charge in [-0.3, -0.25) is 10.1 Å². The van der Waals surface area contributed by atoms with Gasteiger partial charge in [0.15, 0.2) is 0 Å². The normalized spacial score (nSPS) is 10.4. The summed E-state index contributed by atoms with van der Waals surface area (Å²) < 4.78 is 0. The summed E-state index contributed by atoms with van der Waals surface area (Å²) in [5.74, 6) is -1.05. The van der Waals surface area contributed by atoms with Crippen molar-refractivity contribution in [3.63, 3.8) is 0 Å². The zero-order chi connectivity index (χ0) is 11.0. The Labute approximate surface area is 86.9 Å². The van der Waals surface area contributed by atoms with E-state index in [-0.39, 0.29) is 10.6 Å². The first-order valence-corrected chi connectivity index (χ1v) is 4.67. The first-order chi connectivity index (χ1) is 7.08. The Balaban J connectivity index is 2.62. The van der Waals surface area contributed by atoms with E-state index in [2.05, 4.69) is 4.98 Å². The van der Waals surface area contributed by atoms with Crippen molar-refractivity contribution in [2.24, 2.45) is 0 Å². The van der Waals surface area contributed by atoms with Crippen molar-refractivity contribution in [2.75, 3.05) is 0 Å². The quantitative estimate of drug-likeness (QED) is 0.621. The number of thiophene rings is 1. The van der Waals surface area contributed by atoms with Crippen LogP contribution in [0.5, 0.6) is 0 Å². The zero-order valence-corrected chi connectivity index (χ0v) is 8.02. The second-order valence-electron chi connectivity index (χ2n) is 2.76. The molecule has 0 atom stereocenters. The number of fused-ring (bicyclic) bond motifs is 1. The van der Waals surface area contributed by atoms with Crippen molar-refractivity contribution in [1.29, 1.82) is 0 Å². The summed E-state index contributed by atoms with van der Waals surface area (Å²) in [5.41, 5.74) is -0.141. The molecule has 76 valence electrons. The number of carboxylic acid groups (broad SMARTS) is 1. The molecule has 0 aliphatic carbocycles. The molecular weight excluding hydrogens is 220 g/mol. The molecule has 0 saturated carbocycles. The second-order valence-corrected chi connectivity index (χ2v) is 3.79. The highest BCUT2D eigenvalue weighted by Gasteiger charge is 2.12. The van der Waals surface area contributed by atoms with Gasteiger partial charge in [-0.15, -0.1) is 11.3 Å². The fourth-order valence-corrected chi connectivity index (χ4v) is 1.95. The van der Waals surface area contributed by atoms with Gasteiger partial charge in [0.05, 0.1) is 4.92 Å². The Kier molecular flexibility index (Phi) is 2.09. The Morgan fingerprint density at radius 2 is 2.27 bits per heavy atom. The second kappa shape index (κ2) is 3.28. The van der Waals surface area contributed by atoms with E-state index in [1.165, 1.54) is 12.1 Å². The van der Waals surface area contributed by atoms with Gasteiger partial charge in [-0.2, -0.15) is 0 Å². The van der Waals surface area contributed by atoms with E-state index in [1.54, 1.807) is 0 Å². The third-order valence-electron chi connectivity index (χ3n) is 1.78. The van der Waals surface area contributed by atoms with Crippen molar-refractivity contribution in [3.8, 4) is 0 Å². The molecule has 0 amide bonds. The van der Waals surface area contributed by atoms with E-state index in [9.17, 15) is 14.9 Å². The summed E-state index contributed by atoms with van der Waals surface area (Å²) in [6.45, 7) is 0. The van der Waals surface area contributed by atoms with Crippen molar-refractivity contribution in [2.45, 2.75) is 0 Å². The van der Waals surface area contributed by atoms with Crippen LogP contribution in [0.2, 0.25) is 0 Å². The highest BCUT2D eigenvalue weighted by atomic mass is 32.1. The summed E-state index contributed by atoms with van der Waals surface area (Å²) >= 11 is 0.993. The Hall–Kier alpha value is -2.02. The fourth-order valence-electron chi connectivity index (χ4n) is 1.13. The van der Waals surface area contributed by atoms with Gasteiger partial charge in [-0.05, 0) is 6.07 Å². The smallest absolute Gasteiger partial charge is 0.345 e. The molecule has 7 heteroatoms. The SMILES string of the molecule is O=C(O)c1cc2cc([N+](=O)[O-])cnc2s1. The minimum Gasteiger partial charge on any atom is -0.477 e. The lowest BCUT2D eigenvalue weighted by Gasteiger charge is -1.89. The molecule has 0 radical (unpaired) electrons. The van der Waals surface area contributed by atoms with Crippen LogP contribution in [-0.4, -0.2) is 21.0 Å². The van der Waals surface area contributed by atoms with Crippen LogP contribution in [0.3, 0.4) is 0 Å². The number of hydrogen-bond donors (Lipinski definition) is 1. The highest BCUT2D eigenvalue weighted by Crippen LogP contribution is 2.26. The lowest BCUT2D eigenvalue weighted by atomic mass is 10.3. The number of pyridine rings is 1. The monoisotopic (exact) mass is 224 g/mol. The number of rotatable bonds is 2. The van der Waals surface area contributed by atoms with E-state index in [1.807, 2.05) is 0 Å². The van der Waals surface area contributed by atoms with E-state index in [0.29, 0.717) is 10.2 Å². The van der Waals surface area contributed by atoms with Gasteiger partial charge in [-0.25, -0.2) is 9.78 Å². The first-order valence-electron chi connectivity index (χ1n) is 3.85. The maximum Gasteiger partial charge on any atom is 0.345 e. The molecule has 0 fully saturated rings. The third-order valence-corrected chi connectivity index (χ3v) is 2.83. The number of carboxylic acids is 1. The molecule has 2 aromatic heterocycles. The van der Waals surface area contributed by atoms with Crippen molar-refractivity contribution in [3.05, 3.63) is 33.3 Å². The molecule has 0 unspecified atom stereocenters. The molecule has 2 heterocycles. The van der Waals surface area contributed by atoms with Gasteiger partial charge in [0.25, 0.3) is 5.69 Å². The maximum absolute atomic E-state index is 10.6. The lowest BCUT2D eigenvalue weighted by Crippen LogP contribution is -1.89. The van der Waals surface area contributed by atoms with E-state index < -0.39 is 10.9 Å². The molecule has 0 aliphatic heterocycles.